The van der Waals surface area contributed by atoms with E-state index in [0.717, 1.165) is 24.1 Å². The Bertz CT molecular complexity index is 1020. The number of carbonyl (C=O) groups is 1. The number of methoxy groups -OCH3 is 1. The highest BCUT2D eigenvalue weighted by Gasteiger charge is 2.24. The molecule has 0 fully saturated rings. The van der Waals surface area contributed by atoms with Gasteiger partial charge in [-0.1, -0.05) is 23.4 Å². The van der Waals surface area contributed by atoms with Gasteiger partial charge in [-0.3, -0.25) is 9.32 Å². The number of fused-ring (bicyclic) bond motifs is 1. The Balaban J connectivity index is 1.63. The van der Waals surface area contributed by atoms with Crippen LogP contribution in [0.5, 0.6) is 5.75 Å². The van der Waals surface area contributed by atoms with E-state index in [1.54, 1.807) is 36.3 Å². The summed E-state index contributed by atoms with van der Waals surface area (Å²) in [6.07, 6.45) is 1.84. The van der Waals surface area contributed by atoms with Crippen molar-refractivity contribution < 1.29 is 14.1 Å². The van der Waals surface area contributed by atoms with Crippen LogP contribution >= 0.6 is 0 Å². The van der Waals surface area contributed by atoms with Gasteiger partial charge >= 0.3 is 5.76 Å². The van der Waals surface area contributed by atoms with Crippen LogP contribution < -0.4 is 15.4 Å². The smallest absolute Gasteiger partial charge is 0.442 e. The van der Waals surface area contributed by atoms with Crippen molar-refractivity contribution in [2.75, 3.05) is 18.6 Å². The number of para-hydroxylation sites is 1. The van der Waals surface area contributed by atoms with Gasteiger partial charge in [-0.25, -0.2) is 9.36 Å². The molecular weight excluding hydrogens is 346 g/mol. The predicted octanol–water partition coefficient (Wildman–Crippen LogP) is 2.49. The number of aromatic nitrogens is 2. The van der Waals surface area contributed by atoms with Gasteiger partial charge in [-0.15, -0.1) is 0 Å². The van der Waals surface area contributed by atoms with E-state index in [-0.39, 0.29) is 12.5 Å². The Hall–Kier alpha value is -3.35. The molecule has 3 aromatic rings. The van der Waals surface area contributed by atoms with Crippen molar-refractivity contribution in [1.29, 1.82) is 0 Å². The molecule has 2 aromatic carbocycles. The second-order valence-electron chi connectivity index (χ2n) is 6.36. The topological polar surface area (TPSA) is 77.6 Å². The highest BCUT2D eigenvalue weighted by Crippen LogP contribution is 2.27. The number of anilines is 1. The van der Waals surface area contributed by atoms with E-state index in [1.807, 2.05) is 24.3 Å². The summed E-state index contributed by atoms with van der Waals surface area (Å²) in [7, 11) is 1.58. The zero-order valence-corrected chi connectivity index (χ0v) is 14.9. The third-order valence-corrected chi connectivity index (χ3v) is 4.74. The van der Waals surface area contributed by atoms with Crippen LogP contribution in [0.4, 0.5) is 5.69 Å². The number of rotatable bonds is 4. The van der Waals surface area contributed by atoms with Crippen LogP contribution in [0.3, 0.4) is 0 Å². The monoisotopic (exact) mass is 365 g/mol. The molecule has 0 atom stereocenters. The predicted molar refractivity (Wildman–Crippen MR) is 99.9 cm³/mol. The first kappa shape index (κ1) is 17.1. The van der Waals surface area contributed by atoms with E-state index < -0.39 is 5.76 Å². The highest BCUT2D eigenvalue weighted by atomic mass is 16.5. The Kier molecular flexibility index (Phi) is 4.50. The lowest BCUT2D eigenvalue weighted by molar-refractivity contribution is -0.119. The van der Waals surface area contributed by atoms with Gasteiger partial charge in [-0.2, -0.15) is 0 Å². The number of hydrogen-bond acceptors (Lipinski definition) is 5. The Morgan fingerprint density at radius 3 is 2.74 bits per heavy atom. The van der Waals surface area contributed by atoms with Crippen LogP contribution in [0.1, 0.15) is 12.0 Å². The largest absolute Gasteiger partial charge is 0.497 e. The fraction of sp³-hybridized carbons (Fsp3) is 0.250. The molecule has 0 N–H and O–H groups in total. The Morgan fingerprint density at radius 1 is 1.19 bits per heavy atom. The zero-order chi connectivity index (χ0) is 18.8. The van der Waals surface area contributed by atoms with Crippen molar-refractivity contribution in [3.8, 4) is 17.1 Å². The van der Waals surface area contributed by atoms with Gasteiger partial charge in [0, 0.05) is 17.8 Å². The van der Waals surface area contributed by atoms with Crippen LogP contribution in [0.2, 0.25) is 0 Å². The fourth-order valence-corrected chi connectivity index (χ4v) is 3.37. The summed E-state index contributed by atoms with van der Waals surface area (Å²) in [5, 5.41) is 3.85. The van der Waals surface area contributed by atoms with Crippen molar-refractivity contribution >= 4 is 11.6 Å². The molecule has 7 heteroatoms. The van der Waals surface area contributed by atoms with Crippen LogP contribution in [0.25, 0.3) is 11.4 Å². The molecule has 4 rings (SSSR count). The van der Waals surface area contributed by atoms with E-state index >= 15 is 0 Å². The van der Waals surface area contributed by atoms with Crippen molar-refractivity contribution in [3.63, 3.8) is 0 Å². The SMILES string of the molecule is COc1ccc(-c2noc(=O)n2CC(=O)N2CCCc3ccccc32)cc1. The van der Waals surface area contributed by atoms with Crippen LogP contribution in [-0.4, -0.2) is 29.3 Å². The van der Waals surface area contributed by atoms with Crippen LogP contribution in [-0.2, 0) is 17.8 Å². The van der Waals surface area contributed by atoms with Gasteiger partial charge in [0.25, 0.3) is 0 Å². The molecule has 0 bridgehead atoms. The molecule has 0 saturated heterocycles. The second-order valence-corrected chi connectivity index (χ2v) is 6.36. The van der Waals surface area contributed by atoms with Crippen molar-refractivity contribution in [2.45, 2.75) is 19.4 Å². The number of hydrogen-bond donors (Lipinski definition) is 0. The number of aryl methyl sites for hydroxylation is 1. The van der Waals surface area contributed by atoms with Crippen LogP contribution in [0, 0.1) is 0 Å². The molecule has 138 valence electrons. The number of carbonyl (C=O) groups excluding carboxylic acids is 1. The molecule has 1 aromatic heterocycles. The molecule has 0 saturated carbocycles. The number of ether oxygens (including phenoxy) is 1. The van der Waals surface area contributed by atoms with Gasteiger partial charge in [0.1, 0.15) is 12.3 Å². The molecule has 0 spiro atoms. The summed E-state index contributed by atoms with van der Waals surface area (Å²) in [5.74, 6) is 0.195. The summed E-state index contributed by atoms with van der Waals surface area (Å²) in [4.78, 5) is 26.8. The standard InChI is InChI=1S/C20H19N3O4/c1-26-16-10-8-15(9-11-16)19-21-27-20(25)23(19)13-18(24)22-12-4-6-14-5-2-3-7-17(14)22/h2-3,5,7-11H,4,6,12-13H2,1H3. The van der Waals surface area contributed by atoms with E-state index in [4.69, 9.17) is 9.26 Å². The average Bonchev–Trinajstić information content (AvgIpc) is 3.08. The van der Waals surface area contributed by atoms with E-state index in [9.17, 15) is 9.59 Å². The second kappa shape index (κ2) is 7.11. The number of benzene rings is 2. The van der Waals surface area contributed by atoms with Crippen molar-refractivity contribution in [1.82, 2.24) is 9.72 Å². The molecule has 2 heterocycles. The fourth-order valence-electron chi connectivity index (χ4n) is 3.37. The van der Waals surface area contributed by atoms with Crippen LogP contribution in [0.15, 0.2) is 57.8 Å². The first-order chi connectivity index (χ1) is 13.2. The Morgan fingerprint density at radius 2 is 1.96 bits per heavy atom. The van der Waals surface area contributed by atoms with E-state index in [1.165, 1.54) is 4.57 Å². The van der Waals surface area contributed by atoms with Gasteiger partial charge in [0.2, 0.25) is 5.91 Å². The maximum absolute atomic E-state index is 12.9. The average molecular weight is 365 g/mol. The highest BCUT2D eigenvalue weighted by molar-refractivity contribution is 5.94. The molecular formula is C20H19N3O4. The molecule has 7 nitrogen and oxygen atoms in total. The minimum Gasteiger partial charge on any atom is -0.497 e. The maximum Gasteiger partial charge on any atom is 0.442 e. The first-order valence-electron chi connectivity index (χ1n) is 8.76. The molecule has 1 aliphatic rings. The lowest BCUT2D eigenvalue weighted by Gasteiger charge is -2.29. The maximum atomic E-state index is 12.9. The van der Waals surface area contributed by atoms with Gasteiger partial charge < -0.3 is 9.64 Å². The minimum atomic E-state index is -0.653. The van der Waals surface area contributed by atoms with E-state index in [0.29, 0.717) is 23.7 Å². The first-order valence-corrected chi connectivity index (χ1v) is 8.76. The molecule has 0 unspecified atom stereocenters. The summed E-state index contributed by atoms with van der Waals surface area (Å²) in [6, 6.07) is 14.9. The number of amides is 1. The van der Waals surface area contributed by atoms with Gasteiger partial charge in [-0.05, 0) is 48.7 Å². The van der Waals surface area contributed by atoms with Crippen molar-refractivity contribution in [3.05, 3.63) is 64.6 Å². The van der Waals surface area contributed by atoms with Gasteiger partial charge in [0.15, 0.2) is 5.82 Å². The molecule has 1 amide bonds. The summed E-state index contributed by atoms with van der Waals surface area (Å²) >= 11 is 0. The summed E-state index contributed by atoms with van der Waals surface area (Å²) in [5.41, 5.74) is 2.72. The summed E-state index contributed by atoms with van der Waals surface area (Å²) in [6.45, 7) is 0.506. The lowest BCUT2D eigenvalue weighted by atomic mass is 10.0. The number of nitrogens with zero attached hydrogens (tertiary/aromatic N) is 3. The minimum absolute atomic E-state index is 0.127. The van der Waals surface area contributed by atoms with Gasteiger partial charge in [0.05, 0.1) is 7.11 Å². The molecule has 1 aliphatic heterocycles. The molecule has 0 aliphatic carbocycles. The normalized spacial score (nSPS) is 13.3. The summed E-state index contributed by atoms with van der Waals surface area (Å²) < 4.78 is 11.2. The molecule has 0 radical (unpaired) electrons. The third kappa shape index (κ3) is 3.23. The van der Waals surface area contributed by atoms with Crippen molar-refractivity contribution in [2.24, 2.45) is 0 Å². The third-order valence-electron chi connectivity index (χ3n) is 4.74. The zero-order valence-electron chi connectivity index (χ0n) is 14.9. The quantitative estimate of drug-likeness (QED) is 0.710. The lowest BCUT2D eigenvalue weighted by Crippen LogP contribution is -2.39. The molecule has 27 heavy (non-hydrogen) atoms. The Labute approximate surface area is 155 Å². The van der Waals surface area contributed by atoms with E-state index in [2.05, 4.69) is 5.16 Å².